The fourth-order valence-corrected chi connectivity index (χ4v) is 2.30. The summed E-state index contributed by atoms with van der Waals surface area (Å²) < 4.78 is 0. The Morgan fingerprint density at radius 1 is 0.917 bits per heavy atom. The zero-order valence-corrected chi connectivity index (χ0v) is 13.7. The molecule has 3 aromatic rings. The summed E-state index contributed by atoms with van der Waals surface area (Å²) in [6.45, 7) is 3.60. The molecule has 1 aromatic carbocycles. The minimum Gasteiger partial charge on any atom is -0.370 e. The minimum atomic E-state index is 0.590. The van der Waals surface area contributed by atoms with Gasteiger partial charge in [-0.05, 0) is 18.6 Å². The first-order chi connectivity index (χ1) is 11.8. The second-order valence-electron chi connectivity index (χ2n) is 5.43. The van der Waals surface area contributed by atoms with Crippen LogP contribution < -0.4 is 10.6 Å². The fraction of sp³-hybridized carbons (Fsp3) is 0.211. The summed E-state index contributed by atoms with van der Waals surface area (Å²) in [5, 5.41) is 6.60. The molecule has 3 rings (SSSR count). The van der Waals surface area contributed by atoms with Crippen LogP contribution in [0.4, 0.5) is 11.8 Å². The fourth-order valence-electron chi connectivity index (χ4n) is 2.30. The molecule has 5 nitrogen and oxygen atoms in total. The first-order valence-corrected chi connectivity index (χ1v) is 8.17. The maximum Gasteiger partial charge on any atom is 0.225 e. The van der Waals surface area contributed by atoms with Crippen molar-refractivity contribution in [2.75, 3.05) is 17.2 Å². The average molecular weight is 319 g/mol. The molecule has 0 unspecified atom stereocenters. The van der Waals surface area contributed by atoms with Crippen molar-refractivity contribution in [1.82, 2.24) is 15.0 Å². The second kappa shape index (κ2) is 8.06. The largest absolute Gasteiger partial charge is 0.370 e. The van der Waals surface area contributed by atoms with Crippen molar-refractivity contribution in [2.45, 2.75) is 19.9 Å². The Morgan fingerprint density at radius 2 is 1.75 bits per heavy atom. The quantitative estimate of drug-likeness (QED) is 0.690. The predicted octanol–water partition coefficient (Wildman–Crippen LogP) is 3.97. The summed E-state index contributed by atoms with van der Waals surface area (Å²) in [5.41, 5.74) is 2.92. The smallest absolute Gasteiger partial charge is 0.225 e. The molecular weight excluding hydrogens is 298 g/mol. The van der Waals surface area contributed by atoms with Crippen LogP contribution in [-0.2, 0) is 6.54 Å². The molecule has 0 fully saturated rings. The highest BCUT2D eigenvalue weighted by atomic mass is 15.1. The Balaban J connectivity index is 1.84. The molecule has 2 N–H and O–H groups in total. The van der Waals surface area contributed by atoms with E-state index in [2.05, 4.69) is 44.6 Å². The lowest BCUT2D eigenvalue weighted by Gasteiger charge is -2.11. The minimum absolute atomic E-state index is 0.590. The number of aromatic nitrogens is 3. The van der Waals surface area contributed by atoms with Crippen LogP contribution in [0.15, 0.2) is 60.8 Å². The SMILES string of the molecule is CCCNc1cc(-c2ccccc2)nc(NCc2ccccn2)n1. The first kappa shape index (κ1) is 15.9. The topological polar surface area (TPSA) is 62.7 Å². The van der Waals surface area contributed by atoms with Gasteiger partial charge in [-0.25, -0.2) is 4.98 Å². The first-order valence-electron chi connectivity index (χ1n) is 8.17. The van der Waals surface area contributed by atoms with Crippen LogP contribution in [-0.4, -0.2) is 21.5 Å². The molecule has 122 valence electrons. The van der Waals surface area contributed by atoms with E-state index in [0.717, 1.165) is 35.7 Å². The lowest BCUT2D eigenvalue weighted by molar-refractivity contribution is 0.958. The van der Waals surface area contributed by atoms with Gasteiger partial charge in [0, 0.05) is 24.4 Å². The lowest BCUT2D eigenvalue weighted by atomic mass is 10.1. The van der Waals surface area contributed by atoms with Gasteiger partial charge in [-0.15, -0.1) is 0 Å². The van der Waals surface area contributed by atoms with Crippen LogP contribution >= 0.6 is 0 Å². The van der Waals surface area contributed by atoms with Crippen molar-refractivity contribution in [3.8, 4) is 11.3 Å². The number of nitrogens with one attached hydrogen (secondary N) is 2. The maximum atomic E-state index is 4.64. The number of anilines is 2. The van der Waals surface area contributed by atoms with E-state index in [0.29, 0.717) is 12.5 Å². The van der Waals surface area contributed by atoms with Gasteiger partial charge in [0.1, 0.15) is 5.82 Å². The number of benzene rings is 1. The highest BCUT2D eigenvalue weighted by molar-refractivity contribution is 5.64. The highest BCUT2D eigenvalue weighted by Crippen LogP contribution is 2.21. The number of nitrogens with zero attached hydrogens (tertiary/aromatic N) is 3. The van der Waals surface area contributed by atoms with Crippen molar-refractivity contribution >= 4 is 11.8 Å². The summed E-state index contributed by atoms with van der Waals surface area (Å²) in [5.74, 6) is 1.43. The molecule has 0 radical (unpaired) electrons. The number of pyridine rings is 1. The van der Waals surface area contributed by atoms with Crippen LogP contribution in [0.1, 0.15) is 19.0 Å². The van der Waals surface area contributed by atoms with Gasteiger partial charge in [0.05, 0.1) is 17.9 Å². The average Bonchev–Trinajstić information content (AvgIpc) is 2.66. The molecule has 2 aromatic heterocycles. The molecule has 0 amide bonds. The van der Waals surface area contributed by atoms with E-state index >= 15 is 0 Å². The molecule has 5 heteroatoms. The molecular formula is C19H21N5. The number of rotatable bonds is 7. The van der Waals surface area contributed by atoms with Gasteiger partial charge in [-0.3, -0.25) is 4.98 Å². The van der Waals surface area contributed by atoms with E-state index in [1.54, 1.807) is 6.20 Å². The lowest BCUT2D eigenvalue weighted by Crippen LogP contribution is -2.09. The molecule has 24 heavy (non-hydrogen) atoms. The van der Waals surface area contributed by atoms with Crippen molar-refractivity contribution in [3.63, 3.8) is 0 Å². The summed E-state index contributed by atoms with van der Waals surface area (Å²) in [6, 6.07) is 18.0. The Morgan fingerprint density at radius 3 is 2.50 bits per heavy atom. The van der Waals surface area contributed by atoms with Crippen LogP contribution in [0.3, 0.4) is 0 Å². The van der Waals surface area contributed by atoms with Crippen LogP contribution in [0.5, 0.6) is 0 Å². The molecule has 0 spiro atoms. The third-order valence-electron chi connectivity index (χ3n) is 3.51. The highest BCUT2D eigenvalue weighted by Gasteiger charge is 2.06. The van der Waals surface area contributed by atoms with Crippen molar-refractivity contribution in [3.05, 3.63) is 66.5 Å². The molecule has 0 saturated heterocycles. The molecule has 0 aliphatic carbocycles. The Kier molecular flexibility index (Phi) is 5.35. The van der Waals surface area contributed by atoms with Crippen molar-refractivity contribution < 1.29 is 0 Å². The van der Waals surface area contributed by atoms with Gasteiger partial charge < -0.3 is 10.6 Å². The molecule has 0 aliphatic heterocycles. The number of hydrogen-bond acceptors (Lipinski definition) is 5. The van der Waals surface area contributed by atoms with Crippen LogP contribution in [0, 0.1) is 0 Å². The summed E-state index contributed by atoms with van der Waals surface area (Å²) >= 11 is 0. The van der Waals surface area contributed by atoms with Crippen molar-refractivity contribution in [1.29, 1.82) is 0 Å². The monoisotopic (exact) mass is 319 g/mol. The van der Waals surface area contributed by atoms with E-state index in [4.69, 9.17) is 0 Å². The van der Waals surface area contributed by atoms with E-state index < -0.39 is 0 Å². The van der Waals surface area contributed by atoms with E-state index in [-0.39, 0.29) is 0 Å². The predicted molar refractivity (Wildman–Crippen MR) is 97.8 cm³/mol. The maximum absolute atomic E-state index is 4.64. The molecule has 0 atom stereocenters. The normalized spacial score (nSPS) is 10.4. The second-order valence-corrected chi connectivity index (χ2v) is 5.43. The van der Waals surface area contributed by atoms with E-state index in [9.17, 15) is 0 Å². The van der Waals surface area contributed by atoms with E-state index in [1.807, 2.05) is 42.5 Å². The van der Waals surface area contributed by atoms with Gasteiger partial charge in [-0.1, -0.05) is 43.3 Å². The van der Waals surface area contributed by atoms with Crippen LogP contribution in [0.2, 0.25) is 0 Å². The number of hydrogen-bond donors (Lipinski definition) is 2. The standard InChI is InChI=1S/C19H21N5/c1-2-11-21-18-13-17(15-8-4-3-5-9-15)23-19(24-18)22-14-16-10-6-7-12-20-16/h3-10,12-13H,2,11,14H2,1H3,(H2,21,22,23,24). The Hall–Kier alpha value is -2.95. The van der Waals surface area contributed by atoms with E-state index in [1.165, 1.54) is 0 Å². The van der Waals surface area contributed by atoms with Crippen molar-refractivity contribution in [2.24, 2.45) is 0 Å². The zero-order chi connectivity index (χ0) is 16.6. The Labute approximate surface area is 142 Å². The van der Waals surface area contributed by atoms with Gasteiger partial charge in [0.2, 0.25) is 5.95 Å². The third-order valence-corrected chi connectivity index (χ3v) is 3.51. The molecule has 0 aliphatic rings. The Bertz CT molecular complexity index is 759. The molecule has 0 bridgehead atoms. The van der Waals surface area contributed by atoms with Crippen LogP contribution in [0.25, 0.3) is 11.3 Å². The molecule has 0 saturated carbocycles. The van der Waals surface area contributed by atoms with Gasteiger partial charge in [0.15, 0.2) is 0 Å². The summed E-state index contributed by atoms with van der Waals surface area (Å²) in [4.78, 5) is 13.5. The summed E-state index contributed by atoms with van der Waals surface area (Å²) in [6.07, 6.45) is 2.83. The third kappa shape index (κ3) is 4.29. The van der Waals surface area contributed by atoms with Gasteiger partial charge in [-0.2, -0.15) is 4.98 Å². The molecule has 2 heterocycles. The van der Waals surface area contributed by atoms with Gasteiger partial charge in [0.25, 0.3) is 0 Å². The summed E-state index contributed by atoms with van der Waals surface area (Å²) in [7, 11) is 0. The zero-order valence-electron chi connectivity index (χ0n) is 13.7. The van der Waals surface area contributed by atoms with Gasteiger partial charge >= 0.3 is 0 Å².